The summed E-state index contributed by atoms with van der Waals surface area (Å²) in [6.07, 6.45) is 4.75. The first-order valence-corrected chi connectivity index (χ1v) is 14.4. The highest BCUT2D eigenvalue weighted by Crippen LogP contribution is 2.39. The number of para-hydroxylation sites is 1. The second-order valence-electron chi connectivity index (χ2n) is 10.6. The smallest absolute Gasteiger partial charge is 0.343 e. The van der Waals surface area contributed by atoms with E-state index in [9.17, 15) is 14.4 Å². The van der Waals surface area contributed by atoms with E-state index in [-0.39, 0.29) is 35.2 Å². The van der Waals surface area contributed by atoms with Gasteiger partial charge < -0.3 is 29.6 Å². The number of nitrogens with zero attached hydrogens (tertiary/aromatic N) is 4. The molecule has 1 aliphatic heterocycles. The maximum atomic E-state index is 13.3. The molecular weight excluding hydrogens is 550 g/mol. The summed E-state index contributed by atoms with van der Waals surface area (Å²) in [6.45, 7) is 7.02. The SMILES string of the molecule is CCOC(=O)c1c[nH]nc1NC(=O)c1ccc(N2CCN(c3ccccc3C)CC2)c(NC(=O)c2coc(C3CC3)n2)c1. The first-order chi connectivity index (χ1) is 20.9. The van der Waals surface area contributed by atoms with Gasteiger partial charge in [-0.2, -0.15) is 5.10 Å². The van der Waals surface area contributed by atoms with E-state index in [1.807, 2.05) is 18.2 Å². The molecule has 222 valence electrons. The van der Waals surface area contributed by atoms with Gasteiger partial charge in [-0.25, -0.2) is 9.78 Å². The fraction of sp³-hybridized carbons (Fsp3) is 0.323. The normalized spacial score (nSPS) is 14.8. The highest BCUT2D eigenvalue weighted by Gasteiger charge is 2.30. The molecule has 2 amide bonds. The minimum Gasteiger partial charge on any atom is -0.462 e. The second kappa shape index (κ2) is 12.0. The third kappa shape index (κ3) is 6.08. The molecule has 0 radical (unpaired) electrons. The molecule has 1 saturated carbocycles. The van der Waals surface area contributed by atoms with Gasteiger partial charge in [0.1, 0.15) is 11.8 Å². The van der Waals surface area contributed by atoms with E-state index in [0.717, 1.165) is 31.6 Å². The van der Waals surface area contributed by atoms with Crippen molar-refractivity contribution in [3.05, 3.63) is 83.2 Å². The zero-order chi connectivity index (χ0) is 29.9. The van der Waals surface area contributed by atoms with Gasteiger partial charge in [0.15, 0.2) is 17.4 Å². The Balaban J connectivity index is 1.24. The van der Waals surface area contributed by atoms with Crippen molar-refractivity contribution >= 4 is 40.7 Å². The Morgan fingerprint density at radius 1 is 1.00 bits per heavy atom. The minimum atomic E-state index is -0.599. The zero-order valence-corrected chi connectivity index (χ0v) is 24.1. The van der Waals surface area contributed by atoms with Gasteiger partial charge in [-0.1, -0.05) is 18.2 Å². The summed E-state index contributed by atoms with van der Waals surface area (Å²) < 4.78 is 10.6. The van der Waals surface area contributed by atoms with Crippen molar-refractivity contribution in [3.8, 4) is 0 Å². The molecule has 6 rings (SSSR count). The molecule has 2 aromatic carbocycles. The van der Waals surface area contributed by atoms with E-state index in [2.05, 4.69) is 54.7 Å². The lowest BCUT2D eigenvalue weighted by Gasteiger charge is -2.38. The Morgan fingerprint density at radius 2 is 1.74 bits per heavy atom. The summed E-state index contributed by atoms with van der Waals surface area (Å²) >= 11 is 0. The number of amides is 2. The number of aromatic amines is 1. The fourth-order valence-corrected chi connectivity index (χ4v) is 5.19. The van der Waals surface area contributed by atoms with Gasteiger partial charge in [0.05, 0.1) is 18.0 Å². The topological polar surface area (TPSA) is 146 Å². The second-order valence-corrected chi connectivity index (χ2v) is 10.6. The van der Waals surface area contributed by atoms with Gasteiger partial charge in [0, 0.05) is 49.5 Å². The summed E-state index contributed by atoms with van der Waals surface area (Å²) in [4.78, 5) is 47.7. The number of oxazole rings is 1. The number of carbonyl (C=O) groups excluding carboxylic acids is 3. The molecule has 12 heteroatoms. The molecule has 2 aliphatic rings. The van der Waals surface area contributed by atoms with Crippen molar-refractivity contribution in [1.82, 2.24) is 15.2 Å². The van der Waals surface area contributed by atoms with Crippen LogP contribution in [-0.2, 0) is 4.74 Å². The maximum absolute atomic E-state index is 13.3. The number of esters is 1. The molecule has 1 saturated heterocycles. The molecule has 1 aliphatic carbocycles. The Labute approximate surface area is 248 Å². The van der Waals surface area contributed by atoms with Crippen LogP contribution < -0.4 is 20.4 Å². The van der Waals surface area contributed by atoms with E-state index in [0.29, 0.717) is 24.7 Å². The minimum absolute atomic E-state index is 0.0561. The van der Waals surface area contributed by atoms with Gasteiger partial charge >= 0.3 is 5.97 Å². The average Bonchev–Trinajstić information content (AvgIpc) is 3.55. The van der Waals surface area contributed by atoms with E-state index < -0.39 is 17.8 Å². The van der Waals surface area contributed by atoms with Crippen LogP contribution in [0, 0.1) is 6.92 Å². The first-order valence-electron chi connectivity index (χ1n) is 14.4. The summed E-state index contributed by atoms with van der Waals surface area (Å²) in [7, 11) is 0. The number of anilines is 4. The number of benzene rings is 2. The van der Waals surface area contributed by atoms with Crippen molar-refractivity contribution < 1.29 is 23.5 Å². The van der Waals surface area contributed by atoms with Crippen LogP contribution in [0.5, 0.6) is 0 Å². The van der Waals surface area contributed by atoms with Gasteiger partial charge in [-0.15, -0.1) is 0 Å². The number of carbonyl (C=O) groups is 3. The number of ether oxygens (including phenoxy) is 1. The van der Waals surface area contributed by atoms with Crippen LogP contribution in [0.1, 0.15) is 68.3 Å². The molecule has 3 heterocycles. The van der Waals surface area contributed by atoms with Gasteiger partial charge in [0.25, 0.3) is 11.8 Å². The predicted molar refractivity (Wildman–Crippen MR) is 161 cm³/mol. The molecule has 2 aromatic heterocycles. The molecule has 0 unspecified atom stereocenters. The van der Waals surface area contributed by atoms with Crippen molar-refractivity contribution in [1.29, 1.82) is 0 Å². The number of nitrogens with one attached hydrogen (secondary N) is 3. The number of hydrogen-bond acceptors (Lipinski definition) is 9. The average molecular weight is 584 g/mol. The summed E-state index contributed by atoms with van der Waals surface area (Å²) in [5.41, 5.74) is 4.25. The lowest BCUT2D eigenvalue weighted by Crippen LogP contribution is -2.47. The standard InChI is InChI=1S/C31H33N7O5/c1-3-42-31(41)22-17-32-36-27(22)35-28(39)21-10-11-26(38-14-12-37(13-15-38)25-7-5-4-6-19(25)2)23(16-21)33-29(40)24-18-43-30(34-24)20-8-9-20/h4-7,10-11,16-18,20H,3,8-9,12-15H2,1-2H3,(H,33,40)(H2,32,35,36,39). The van der Waals surface area contributed by atoms with E-state index in [1.54, 1.807) is 19.1 Å². The van der Waals surface area contributed by atoms with Crippen LogP contribution >= 0.6 is 0 Å². The highest BCUT2D eigenvalue weighted by atomic mass is 16.5. The third-order valence-corrected chi connectivity index (χ3v) is 7.63. The van der Waals surface area contributed by atoms with Crippen LogP contribution in [-0.4, -0.2) is 65.8 Å². The molecule has 0 atom stereocenters. The molecule has 12 nitrogen and oxygen atoms in total. The van der Waals surface area contributed by atoms with E-state index >= 15 is 0 Å². The maximum Gasteiger partial charge on any atom is 0.343 e. The van der Waals surface area contributed by atoms with Crippen molar-refractivity contribution in [2.45, 2.75) is 32.6 Å². The molecule has 0 bridgehead atoms. The molecule has 2 fully saturated rings. The lowest BCUT2D eigenvalue weighted by atomic mass is 10.1. The Kier molecular flexibility index (Phi) is 7.82. The Hall–Kier alpha value is -5.13. The molecule has 43 heavy (non-hydrogen) atoms. The predicted octanol–water partition coefficient (Wildman–Crippen LogP) is 4.59. The van der Waals surface area contributed by atoms with Crippen LogP contribution in [0.3, 0.4) is 0 Å². The zero-order valence-electron chi connectivity index (χ0n) is 24.1. The first kappa shape index (κ1) is 28.0. The summed E-state index contributed by atoms with van der Waals surface area (Å²) in [5.74, 6) is -0.623. The van der Waals surface area contributed by atoms with Crippen LogP contribution in [0.15, 0.2) is 59.3 Å². The van der Waals surface area contributed by atoms with Crippen molar-refractivity contribution in [2.24, 2.45) is 0 Å². The number of rotatable bonds is 9. The Morgan fingerprint density at radius 3 is 2.47 bits per heavy atom. The van der Waals surface area contributed by atoms with Crippen molar-refractivity contribution in [2.75, 3.05) is 53.2 Å². The third-order valence-electron chi connectivity index (χ3n) is 7.63. The Bertz CT molecular complexity index is 1650. The number of hydrogen-bond donors (Lipinski definition) is 3. The largest absolute Gasteiger partial charge is 0.462 e. The number of H-pyrrole nitrogens is 1. The van der Waals surface area contributed by atoms with Crippen LogP contribution in [0.4, 0.5) is 22.9 Å². The number of piperazine rings is 1. The highest BCUT2D eigenvalue weighted by molar-refractivity contribution is 6.10. The van der Waals surface area contributed by atoms with Crippen molar-refractivity contribution in [3.63, 3.8) is 0 Å². The molecular formula is C31H33N7O5. The number of aryl methyl sites for hydroxylation is 1. The molecule has 0 spiro atoms. The monoisotopic (exact) mass is 583 g/mol. The number of aromatic nitrogens is 3. The van der Waals surface area contributed by atoms with E-state index in [1.165, 1.54) is 23.7 Å². The van der Waals surface area contributed by atoms with E-state index in [4.69, 9.17) is 9.15 Å². The quantitative estimate of drug-likeness (QED) is 0.241. The van der Waals surface area contributed by atoms with Crippen LogP contribution in [0.25, 0.3) is 0 Å². The van der Waals surface area contributed by atoms with Crippen LogP contribution in [0.2, 0.25) is 0 Å². The summed E-state index contributed by atoms with van der Waals surface area (Å²) in [5, 5.41) is 12.2. The van der Waals surface area contributed by atoms with Gasteiger partial charge in [-0.05, 0) is 56.5 Å². The van der Waals surface area contributed by atoms with Gasteiger partial charge in [-0.3, -0.25) is 14.7 Å². The summed E-state index contributed by atoms with van der Waals surface area (Å²) in [6, 6.07) is 13.4. The molecule has 3 N–H and O–H groups in total. The lowest BCUT2D eigenvalue weighted by molar-refractivity contribution is 0.0527. The molecule has 4 aromatic rings. The van der Waals surface area contributed by atoms with Gasteiger partial charge in [0.2, 0.25) is 0 Å². The fourth-order valence-electron chi connectivity index (χ4n) is 5.19.